The first kappa shape index (κ1) is 17.5. The van der Waals surface area contributed by atoms with Crippen LogP contribution >= 0.6 is 0 Å². The Kier molecular flexibility index (Phi) is 4.56. The minimum atomic E-state index is 1.01. The lowest BCUT2D eigenvalue weighted by molar-refractivity contribution is -0.696. The number of nitrogens with zero attached hydrogens (tertiary/aromatic N) is 4. The Balaban J connectivity index is 1.47. The lowest BCUT2D eigenvalue weighted by atomic mass is 10.1. The van der Waals surface area contributed by atoms with Gasteiger partial charge >= 0.3 is 0 Å². The number of imidazole rings is 2. The van der Waals surface area contributed by atoms with Crippen molar-refractivity contribution in [2.75, 3.05) is 0 Å². The first-order chi connectivity index (χ1) is 13.0. The highest BCUT2D eigenvalue weighted by Gasteiger charge is 2.14. The quantitative estimate of drug-likeness (QED) is 0.484. The van der Waals surface area contributed by atoms with Crippen molar-refractivity contribution in [1.82, 2.24) is 9.13 Å². The molecular weight excluding hydrogens is 332 g/mol. The van der Waals surface area contributed by atoms with Gasteiger partial charge in [-0.1, -0.05) is 29.8 Å². The molecular formula is C23H28N4+2. The van der Waals surface area contributed by atoms with Crippen molar-refractivity contribution in [3.8, 4) is 5.69 Å². The zero-order chi connectivity index (χ0) is 19.0. The van der Waals surface area contributed by atoms with Gasteiger partial charge < -0.3 is 0 Å². The second-order valence-electron chi connectivity index (χ2n) is 7.57. The van der Waals surface area contributed by atoms with Crippen LogP contribution in [-0.2, 0) is 20.1 Å². The predicted molar refractivity (Wildman–Crippen MR) is 108 cm³/mol. The van der Waals surface area contributed by atoms with Crippen LogP contribution in [0.5, 0.6) is 0 Å². The molecule has 0 saturated heterocycles. The summed E-state index contributed by atoms with van der Waals surface area (Å²) in [6.45, 7) is 8.56. The largest absolute Gasteiger partial charge is 0.248 e. The number of aryl methyl sites for hydroxylation is 6. The number of hydrogen-bond acceptors (Lipinski definition) is 0. The summed E-state index contributed by atoms with van der Waals surface area (Å²) in [5, 5.41) is 0. The molecule has 0 amide bonds. The van der Waals surface area contributed by atoms with Crippen LogP contribution in [0.2, 0.25) is 0 Å². The van der Waals surface area contributed by atoms with Gasteiger partial charge in [0.15, 0.2) is 11.0 Å². The monoisotopic (exact) mass is 360 g/mol. The van der Waals surface area contributed by atoms with Gasteiger partial charge in [0, 0.05) is 6.42 Å². The zero-order valence-corrected chi connectivity index (χ0v) is 16.7. The van der Waals surface area contributed by atoms with E-state index in [1.165, 1.54) is 33.4 Å². The second kappa shape index (κ2) is 7.03. The van der Waals surface area contributed by atoms with Gasteiger partial charge in [-0.05, 0) is 44.0 Å². The summed E-state index contributed by atoms with van der Waals surface area (Å²) in [6.07, 6.45) is 9.83. The molecule has 0 spiro atoms. The topological polar surface area (TPSA) is 17.6 Å². The normalized spacial score (nSPS) is 11.4. The molecule has 0 bridgehead atoms. The molecule has 4 nitrogen and oxygen atoms in total. The van der Waals surface area contributed by atoms with Gasteiger partial charge in [-0.2, -0.15) is 0 Å². The van der Waals surface area contributed by atoms with Crippen LogP contribution in [0.15, 0.2) is 61.4 Å². The minimum absolute atomic E-state index is 1.01. The summed E-state index contributed by atoms with van der Waals surface area (Å²) in [5.74, 6) is 0. The van der Waals surface area contributed by atoms with Gasteiger partial charge in [0.2, 0.25) is 12.7 Å². The standard InChI is InChI=1S/C23H28N4/c1-18-14-19(2)23(20(3)15-18)27-13-12-25(17-27)10-7-11-26-16-24(4)21-8-5-6-9-22(21)26/h5-6,8-9,12-17H,7,10-11H2,1-4H3/q+2. The minimum Gasteiger partial charge on any atom is -0.236 e. The second-order valence-corrected chi connectivity index (χ2v) is 7.57. The Morgan fingerprint density at radius 2 is 1.70 bits per heavy atom. The van der Waals surface area contributed by atoms with E-state index in [0.717, 1.165) is 19.5 Å². The molecule has 0 N–H and O–H groups in total. The van der Waals surface area contributed by atoms with Crippen LogP contribution < -0.4 is 9.13 Å². The van der Waals surface area contributed by atoms with Crippen molar-refractivity contribution in [3.63, 3.8) is 0 Å². The van der Waals surface area contributed by atoms with Crippen molar-refractivity contribution < 1.29 is 9.13 Å². The summed E-state index contributed by atoms with van der Waals surface area (Å²) >= 11 is 0. The fourth-order valence-electron chi connectivity index (χ4n) is 4.18. The zero-order valence-electron chi connectivity index (χ0n) is 16.7. The fraction of sp³-hybridized carbons (Fsp3) is 0.304. The van der Waals surface area contributed by atoms with Gasteiger partial charge in [-0.3, -0.25) is 0 Å². The van der Waals surface area contributed by atoms with E-state index in [4.69, 9.17) is 0 Å². The first-order valence-corrected chi connectivity index (χ1v) is 9.62. The van der Waals surface area contributed by atoms with E-state index < -0.39 is 0 Å². The summed E-state index contributed by atoms with van der Waals surface area (Å²) in [4.78, 5) is 0. The molecule has 0 unspecified atom stereocenters. The highest BCUT2D eigenvalue weighted by molar-refractivity contribution is 5.71. The summed E-state index contributed by atoms with van der Waals surface area (Å²) < 4.78 is 9.07. The molecule has 4 heteroatoms. The van der Waals surface area contributed by atoms with Crippen molar-refractivity contribution >= 4 is 11.0 Å². The van der Waals surface area contributed by atoms with E-state index in [2.05, 4.69) is 108 Å². The first-order valence-electron chi connectivity index (χ1n) is 9.62. The van der Waals surface area contributed by atoms with Crippen LogP contribution in [0.1, 0.15) is 23.1 Å². The van der Waals surface area contributed by atoms with Gasteiger partial charge in [0.25, 0.3) is 0 Å². The van der Waals surface area contributed by atoms with Crippen LogP contribution in [0.4, 0.5) is 0 Å². The summed E-state index contributed by atoms with van der Waals surface area (Å²) in [6, 6.07) is 13.1. The number of para-hydroxylation sites is 2. The third-order valence-electron chi connectivity index (χ3n) is 5.28. The molecule has 0 fully saturated rings. The molecule has 27 heavy (non-hydrogen) atoms. The van der Waals surface area contributed by atoms with Gasteiger partial charge in [0.1, 0.15) is 18.1 Å². The van der Waals surface area contributed by atoms with Gasteiger partial charge in [-0.25, -0.2) is 18.3 Å². The molecule has 2 heterocycles. The molecule has 2 aromatic heterocycles. The SMILES string of the molecule is Cc1cc(C)c(-n2cc[n+](CCCn3c[n+](C)c4ccccc43)c2)c(C)c1. The van der Waals surface area contributed by atoms with Crippen molar-refractivity contribution in [1.29, 1.82) is 0 Å². The van der Waals surface area contributed by atoms with Crippen molar-refractivity contribution in [2.45, 2.75) is 40.3 Å². The Morgan fingerprint density at radius 1 is 0.963 bits per heavy atom. The van der Waals surface area contributed by atoms with Crippen LogP contribution in [0.25, 0.3) is 16.7 Å². The van der Waals surface area contributed by atoms with Crippen molar-refractivity contribution in [3.05, 3.63) is 78.1 Å². The Labute approximate surface area is 160 Å². The van der Waals surface area contributed by atoms with E-state index in [1.807, 2.05) is 0 Å². The number of hydrogen-bond donors (Lipinski definition) is 0. The van der Waals surface area contributed by atoms with Gasteiger partial charge in [-0.15, -0.1) is 0 Å². The highest BCUT2D eigenvalue weighted by Crippen LogP contribution is 2.20. The lowest BCUT2D eigenvalue weighted by Crippen LogP contribution is -2.31. The molecule has 0 saturated carbocycles. The Hall–Kier alpha value is -2.88. The summed E-state index contributed by atoms with van der Waals surface area (Å²) in [7, 11) is 2.11. The summed E-state index contributed by atoms with van der Waals surface area (Å²) in [5.41, 5.74) is 7.84. The highest BCUT2D eigenvalue weighted by atomic mass is 15.1. The van der Waals surface area contributed by atoms with E-state index in [1.54, 1.807) is 0 Å². The molecule has 0 aliphatic rings. The maximum atomic E-state index is 2.35. The van der Waals surface area contributed by atoms with Crippen molar-refractivity contribution in [2.24, 2.45) is 7.05 Å². The molecule has 0 aliphatic heterocycles. The Morgan fingerprint density at radius 3 is 2.48 bits per heavy atom. The smallest absolute Gasteiger partial charge is 0.236 e. The van der Waals surface area contributed by atoms with Crippen LogP contribution in [-0.4, -0.2) is 9.13 Å². The average molecular weight is 361 g/mol. The average Bonchev–Trinajstić information content (AvgIpc) is 3.20. The van der Waals surface area contributed by atoms with E-state index in [0.29, 0.717) is 0 Å². The van der Waals surface area contributed by atoms with Gasteiger partial charge in [0.05, 0.1) is 20.1 Å². The fourth-order valence-corrected chi connectivity index (χ4v) is 4.18. The molecule has 0 radical (unpaired) electrons. The van der Waals surface area contributed by atoms with Crippen LogP contribution in [0.3, 0.4) is 0 Å². The lowest BCUT2D eigenvalue weighted by Gasteiger charge is -2.07. The molecule has 138 valence electrons. The maximum absolute atomic E-state index is 2.35. The van der Waals surface area contributed by atoms with E-state index in [9.17, 15) is 0 Å². The molecule has 0 atom stereocenters. The van der Waals surface area contributed by atoms with E-state index in [-0.39, 0.29) is 0 Å². The molecule has 0 aliphatic carbocycles. The molecule has 4 aromatic rings. The number of rotatable bonds is 5. The number of benzene rings is 2. The third kappa shape index (κ3) is 3.39. The number of fused-ring (bicyclic) bond motifs is 1. The molecule has 4 rings (SSSR count). The van der Waals surface area contributed by atoms with E-state index >= 15 is 0 Å². The van der Waals surface area contributed by atoms with Crippen LogP contribution in [0, 0.1) is 20.8 Å². The third-order valence-corrected chi connectivity index (χ3v) is 5.28. The predicted octanol–water partition coefficient (Wildman–Crippen LogP) is 3.56. The Bertz CT molecular complexity index is 1080. The maximum Gasteiger partial charge on any atom is 0.248 e. The molecule has 2 aromatic carbocycles. The number of aromatic nitrogens is 4.